The third-order valence-electron chi connectivity index (χ3n) is 7.36. The maximum atomic E-state index is 13.6. The zero-order valence-electron chi connectivity index (χ0n) is 27.5. The summed E-state index contributed by atoms with van der Waals surface area (Å²) in [7, 11) is 0. The number of alkyl carbamates (subject to hydrolysis) is 2. The molecule has 0 fully saturated rings. The molecule has 262 valence electrons. The molecule has 3 rings (SSSR count). The van der Waals surface area contributed by atoms with E-state index in [1.54, 1.807) is 0 Å². The largest absolute Gasteiger partial charge is 0.480 e. The molecule has 0 saturated carbocycles. The zero-order chi connectivity index (χ0) is 35.3. The number of carbonyl (C=O) groups is 5. The molecule has 3 atom stereocenters. The number of benzene rings is 3. The standard InChI is InChI=1S/C36H44N4O8S/c1-49-22-20-29(32(41)39-30(34(43)44)19-11-12-21-37-35(45)47-24-27-15-7-3-8-16-27)38-33(42)31(23-26-13-5-2-6-14-26)40-36(46)48-25-28-17-9-4-10-18-28/h2-10,13-18,29-31H,11-12,19-25H2,1H3,(H,37,45)(H,38,42)(H,39,41)(H,40,46)(H,43,44)/t29-,30-,31-/m0/s1. The quantitative estimate of drug-likeness (QED) is 0.108. The Morgan fingerprint density at radius 2 is 1.14 bits per heavy atom. The molecule has 0 saturated heterocycles. The van der Waals surface area contributed by atoms with E-state index in [-0.39, 0.29) is 39.0 Å². The van der Waals surface area contributed by atoms with Gasteiger partial charge in [-0.15, -0.1) is 0 Å². The number of carboxylic acids is 1. The number of ether oxygens (including phenoxy) is 2. The normalized spacial score (nSPS) is 12.4. The number of carbonyl (C=O) groups excluding carboxylic acids is 4. The van der Waals surface area contributed by atoms with E-state index in [2.05, 4.69) is 21.3 Å². The van der Waals surface area contributed by atoms with Gasteiger partial charge in [-0.3, -0.25) is 9.59 Å². The highest BCUT2D eigenvalue weighted by Crippen LogP contribution is 2.09. The van der Waals surface area contributed by atoms with E-state index >= 15 is 0 Å². The highest BCUT2D eigenvalue weighted by Gasteiger charge is 2.30. The molecule has 49 heavy (non-hydrogen) atoms. The van der Waals surface area contributed by atoms with Gasteiger partial charge in [-0.25, -0.2) is 14.4 Å². The third-order valence-corrected chi connectivity index (χ3v) is 8.01. The Labute approximate surface area is 290 Å². The van der Waals surface area contributed by atoms with Crippen LogP contribution in [0.3, 0.4) is 0 Å². The summed E-state index contributed by atoms with van der Waals surface area (Å²) >= 11 is 1.47. The second-order valence-electron chi connectivity index (χ2n) is 11.2. The molecule has 13 heteroatoms. The Morgan fingerprint density at radius 3 is 1.69 bits per heavy atom. The molecular weight excluding hydrogens is 648 g/mol. The number of rotatable bonds is 20. The summed E-state index contributed by atoms with van der Waals surface area (Å²) in [6.07, 6.45) is 1.80. The molecule has 0 spiro atoms. The van der Waals surface area contributed by atoms with E-state index < -0.39 is 48.1 Å². The van der Waals surface area contributed by atoms with Gasteiger partial charge in [-0.1, -0.05) is 91.0 Å². The molecule has 0 heterocycles. The molecule has 0 aliphatic carbocycles. The van der Waals surface area contributed by atoms with E-state index in [4.69, 9.17) is 9.47 Å². The predicted octanol–water partition coefficient (Wildman–Crippen LogP) is 4.43. The molecule has 5 N–H and O–H groups in total. The summed E-state index contributed by atoms with van der Waals surface area (Å²) < 4.78 is 10.5. The Morgan fingerprint density at radius 1 is 0.633 bits per heavy atom. The summed E-state index contributed by atoms with van der Waals surface area (Å²) in [6.45, 7) is 0.412. The van der Waals surface area contributed by atoms with E-state index in [1.165, 1.54) is 11.8 Å². The summed E-state index contributed by atoms with van der Waals surface area (Å²) in [5.41, 5.74) is 2.41. The van der Waals surface area contributed by atoms with E-state index in [0.717, 1.165) is 16.7 Å². The first kappa shape index (κ1) is 38.4. The van der Waals surface area contributed by atoms with Crippen LogP contribution in [0.1, 0.15) is 42.4 Å². The van der Waals surface area contributed by atoms with Crippen molar-refractivity contribution in [3.63, 3.8) is 0 Å². The highest BCUT2D eigenvalue weighted by molar-refractivity contribution is 7.98. The van der Waals surface area contributed by atoms with Crippen LogP contribution in [0.15, 0.2) is 91.0 Å². The van der Waals surface area contributed by atoms with Crippen LogP contribution in [0.5, 0.6) is 0 Å². The van der Waals surface area contributed by atoms with Crippen molar-refractivity contribution >= 4 is 41.7 Å². The Bertz CT molecular complexity index is 1460. The molecule has 3 aromatic rings. The minimum atomic E-state index is -1.22. The zero-order valence-corrected chi connectivity index (χ0v) is 28.3. The first-order chi connectivity index (χ1) is 23.7. The first-order valence-corrected chi connectivity index (χ1v) is 17.4. The second-order valence-corrected chi connectivity index (χ2v) is 12.2. The number of hydrogen-bond acceptors (Lipinski definition) is 8. The van der Waals surface area contributed by atoms with Crippen molar-refractivity contribution in [2.24, 2.45) is 0 Å². The molecule has 0 unspecified atom stereocenters. The van der Waals surface area contributed by atoms with Crippen molar-refractivity contribution in [3.8, 4) is 0 Å². The smallest absolute Gasteiger partial charge is 0.408 e. The fraction of sp³-hybridized carbons (Fsp3) is 0.361. The van der Waals surface area contributed by atoms with Crippen molar-refractivity contribution in [1.29, 1.82) is 0 Å². The summed E-state index contributed by atoms with van der Waals surface area (Å²) in [4.78, 5) is 63.6. The number of hydrogen-bond donors (Lipinski definition) is 5. The van der Waals surface area contributed by atoms with Gasteiger partial charge in [0.25, 0.3) is 0 Å². The van der Waals surface area contributed by atoms with Crippen molar-refractivity contribution in [2.75, 3.05) is 18.6 Å². The van der Waals surface area contributed by atoms with Gasteiger partial charge in [0.15, 0.2) is 0 Å². The summed E-state index contributed by atoms with van der Waals surface area (Å²) in [5, 5.41) is 20.3. The average molecular weight is 693 g/mol. The number of carboxylic acid groups (broad SMARTS) is 1. The van der Waals surface area contributed by atoms with Gasteiger partial charge in [0.05, 0.1) is 0 Å². The fourth-order valence-corrected chi connectivity index (χ4v) is 5.18. The number of thioether (sulfide) groups is 1. The van der Waals surface area contributed by atoms with Gasteiger partial charge in [0.1, 0.15) is 31.3 Å². The van der Waals surface area contributed by atoms with Crippen LogP contribution in [0.25, 0.3) is 0 Å². The van der Waals surface area contributed by atoms with Crippen molar-refractivity contribution in [3.05, 3.63) is 108 Å². The van der Waals surface area contributed by atoms with Crippen LogP contribution in [0.4, 0.5) is 9.59 Å². The van der Waals surface area contributed by atoms with E-state index in [1.807, 2.05) is 97.3 Å². The third kappa shape index (κ3) is 15.2. The number of nitrogens with one attached hydrogen (secondary N) is 4. The molecule has 0 bridgehead atoms. The van der Waals surface area contributed by atoms with Gasteiger partial charge in [0.2, 0.25) is 11.8 Å². The lowest BCUT2D eigenvalue weighted by atomic mass is 10.0. The molecule has 3 aromatic carbocycles. The van der Waals surface area contributed by atoms with E-state index in [9.17, 15) is 29.1 Å². The van der Waals surface area contributed by atoms with Crippen molar-refractivity contribution < 1.29 is 38.6 Å². The Balaban J connectivity index is 1.54. The van der Waals surface area contributed by atoms with Crippen LogP contribution >= 0.6 is 11.8 Å². The van der Waals surface area contributed by atoms with E-state index in [0.29, 0.717) is 18.6 Å². The molecule has 0 aliphatic rings. The second kappa shape index (κ2) is 21.8. The lowest BCUT2D eigenvalue weighted by molar-refractivity contribution is -0.142. The van der Waals surface area contributed by atoms with Gasteiger partial charge in [0, 0.05) is 13.0 Å². The lowest BCUT2D eigenvalue weighted by Crippen LogP contribution is -2.56. The molecule has 12 nitrogen and oxygen atoms in total. The number of amides is 4. The van der Waals surface area contributed by atoms with Gasteiger partial charge >= 0.3 is 18.2 Å². The van der Waals surface area contributed by atoms with Crippen LogP contribution in [0.2, 0.25) is 0 Å². The monoisotopic (exact) mass is 692 g/mol. The molecule has 0 aromatic heterocycles. The minimum absolute atomic E-state index is 0.0100. The lowest BCUT2D eigenvalue weighted by Gasteiger charge is -2.24. The number of unbranched alkanes of at least 4 members (excludes halogenated alkanes) is 1. The average Bonchev–Trinajstić information content (AvgIpc) is 3.11. The topological polar surface area (TPSA) is 172 Å². The maximum absolute atomic E-state index is 13.6. The van der Waals surface area contributed by atoms with Gasteiger partial charge in [-0.2, -0.15) is 11.8 Å². The van der Waals surface area contributed by atoms with Gasteiger partial charge < -0.3 is 35.8 Å². The highest BCUT2D eigenvalue weighted by atomic mass is 32.2. The number of aliphatic carboxylic acids is 1. The van der Waals surface area contributed by atoms with Gasteiger partial charge in [-0.05, 0) is 54.4 Å². The predicted molar refractivity (Wildman–Crippen MR) is 187 cm³/mol. The molecule has 0 aliphatic heterocycles. The van der Waals surface area contributed by atoms with Crippen LogP contribution in [-0.4, -0.2) is 71.8 Å². The molecular formula is C36H44N4O8S. The minimum Gasteiger partial charge on any atom is -0.480 e. The Kier molecular flexibility index (Phi) is 17.1. The summed E-state index contributed by atoms with van der Waals surface area (Å²) in [6, 6.07) is 24.1. The van der Waals surface area contributed by atoms with Crippen LogP contribution in [0, 0.1) is 0 Å². The van der Waals surface area contributed by atoms with Crippen molar-refractivity contribution in [1.82, 2.24) is 21.3 Å². The summed E-state index contributed by atoms with van der Waals surface area (Å²) in [5.74, 6) is -1.97. The fourth-order valence-electron chi connectivity index (χ4n) is 4.71. The van der Waals surface area contributed by atoms with Crippen molar-refractivity contribution in [2.45, 2.75) is 63.4 Å². The van der Waals surface area contributed by atoms with Crippen LogP contribution in [-0.2, 0) is 43.5 Å². The molecule has 0 radical (unpaired) electrons. The first-order valence-electron chi connectivity index (χ1n) is 16.0. The molecule has 4 amide bonds. The van der Waals surface area contributed by atoms with Crippen LogP contribution < -0.4 is 21.3 Å². The Hall–Kier alpha value is -5.04. The SMILES string of the molecule is CSCC[C@H](NC(=O)[C@H](Cc1ccccc1)NC(=O)OCc1ccccc1)C(=O)N[C@@H](CCCCNC(=O)OCc1ccccc1)C(=O)O. The maximum Gasteiger partial charge on any atom is 0.408 e.